The zero-order chi connectivity index (χ0) is 14.4. The third-order valence-electron chi connectivity index (χ3n) is 2.84. The molecule has 1 amide bonds. The zero-order valence-electron chi connectivity index (χ0n) is 11.8. The molecule has 0 heterocycles. The van der Waals surface area contributed by atoms with Gasteiger partial charge in [-0.2, -0.15) is 0 Å². The molecule has 5 heteroatoms. The van der Waals surface area contributed by atoms with Gasteiger partial charge < -0.3 is 15.5 Å². The van der Waals surface area contributed by atoms with E-state index >= 15 is 0 Å². The third kappa shape index (κ3) is 4.96. The van der Waals surface area contributed by atoms with Gasteiger partial charge in [-0.15, -0.1) is 0 Å². The van der Waals surface area contributed by atoms with Crippen LogP contribution in [0, 0.1) is 5.82 Å². The smallest absolute Gasteiger partial charge is 0.239 e. The molecule has 0 bridgehead atoms. The summed E-state index contributed by atoms with van der Waals surface area (Å²) in [6.45, 7) is 3.14. The summed E-state index contributed by atoms with van der Waals surface area (Å²) in [6, 6.07) is 5.91. The number of rotatable bonds is 6. The van der Waals surface area contributed by atoms with E-state index in [0.29, 0.717) is 18.7 Å². The van der Waals surface area contributed by atoms with Crippen molar-refractivity contribution in [2.75, 3.05) is 27.2 Å². The van der Waals surface area contributed by atoms with E-state index in [4.69, 9.17) is 5.73 Å². The average Bonchev–Trinajstić information content (AvgIpc) is 2.35. The quantitative estimate of drug-likeness (QED) is 0.838. The van der Waals surface area contributed by atoms with E-state index in [9.17, 15) is 9.18 Å². The predicted octanol–water partition coefficient (Wildman–Crippen LogP) is 1.06. The van der Waals surface area contributed by atoms with Crippen molar-refractivity contribution in [2.24, 2.45) is 5.73 Å². The van der Waals surface area contributed by atoms with Gasteiger partial charge in [0.25, 0.3) is 0 Å². The Morgan fingerprint density at radius 3 is 2.47 bits per heavy atom. The van der Waals surface area contributed by atoms with Crippen molar-refractivity contribution in [3.8, 4) is 0 Å². The lowest BCUT2D eigenvalue weighted by Gasteiger charge is -2.26. The molecule has 0 spiro atoms. The topological polar surface area (TPSA) is 49.6 Å². The van der Waals surface area contributed by atoms with Crippen LogP contribution in [0.1, 0.15) is 12.5 Å². The molecule has 0 saturated heterocycles. The van der Waals surface area contributed by atoms with E-state index in [1.165, 1.54) is 6.07 Å². The largest absolute Gasteiger partial charge is 0.336 e. The summed E-state index contributed by atoms with van der Waals surface area (Å²) in [5.41, 5.74) is 6.15. The van der Waals surface area contributed by atoms with Crippen LogP contribution in [0.15, 0.2) is 24.3 Å². The molecule has 0 aliphatic heterocycles. The molecule has 1 rings (SSSR count). The Kier molecular flexibility index (Phi) is 5.92. The number of nitrogens with two attached hydrogens (primary N) is 1. The van der Waals surface area contributed by atoms with Gasteiger partial charge >= 0.3 is 0 Å². The molecule has 19 heavy (non-hydrogen) atoms. The SMILES string of the molecule is C[C@H](N)C(=O)N(CCN(C)C)Cc1ccccc1F. The minimum absolute atomic E-state index is 0.162. The highest BCUT2D eigenvalue weighted by molar-refractivity contribution is 5.81. The lowest BCUT2D eigenvalue weighted by molar-refractivity contribution is -0.133. The summed E-state index contributed by atoms with van der Waals surface area (Å²) >= 11 is 0. The van der Waals surface area contributed by atoms with Crippen LogP contribution >= 0.6 is 0 Å². The van der Waals surface area contributed by atoms with Crippen molar-refractivity contribution in [2.45, 2.75) is 19.5 Å². The van der Waals surface area contributed by atoms with Crippen molar-refractivity contribution >= 4 is 5.91 Å². The first-order valence-electron chi connectivity index (χ1n) is 6.34. The number of hydrogen-bond acceptors (Lipinski definition) is 3. The highest BCUT2D eigenvalue weighted by atomic mass is 19.1. The molecule has 0 fully saturated rings. The minimum Gasteiger partial charge on any atom is -0.336 e. The maximum absolute atomic E-state index is 13.6. The van der Waals surface area contributed by atoms with E-state index < -0.39 is 6.04 Å². The van der Waals surface area contributed by atoms with E-state index in [2.05, 4.69) is 0 Å². The lowest BCUT2D eigenvalue weighted by Crippen LogP contribution is -2.44. The Hall–Kier alpha value is -1.46. The summed E-state index contributed by atoms with van der Waals surface area (Å²) < 4.78 is 13.6. The molecule has 1 aromatic rings. The first-order valence-corrected chi connectivity index (χ1v) is 6.34. The first-order chi connectivity index (χ1) is 8.91. The lowest BCUT2D eigenvalue weighted by atomic mass is 10.2. The van der Waals surface area contributed by atoms with Crippen molar-refractivity contribution in [3.05, 3.63) is 35.6 Å². The van der Waals surface area contributed by atoms with Gasteiger partial charge in [0.05, 0.1) is 6.04 Å². The van der Waals surface area contributed by atoms with E-state index in [-0.39, 0.29) is 18.3 Å². The second-order valence-electron chi connectivity index (χ2n) is 4.94. The van der Waals surface area contributed by atoms with Crippen LogP contribution < -0.4 is 5.73 Å². The summed E-state index contributed by atoms with van der Waals surface area (Å²) in [5.74, 6) is -0.458. The number of carbonyl (C=O) groups excluding carboxylic acids is 1. The number of amides is 1. The molecule has 0 radical (unpaired) electrons. The molecule has 0 aliphatic rings. The third-order valence-corrected chi connectivity index (χ3v) is 2.84. The molecule has 0 unspecified atom stereocenters. The molecule has 0 saturated carbocycles. The molecule has 4 nitrogen and oxygen atoms in total. The Balaban J connectivity index is 2.79. The maximum atomic E-state index is 13.6. The van der Waals surface area contributed by atoms with Crippen LogP contribution in [0.5, 0.6) is 0 Å². The van der Waals surface area contributed by atoms with Crippen LogP contribution in [0.3, 0.4) is 0 Å². The molecular weight excluding hydrogens is 245 g/mol. The van der Waals surface area contributed by atoms with Crippen molar-refractivity contribution in [1.29, 1.82) is 0 Å². The van der Waals surface area contributed by atoms with Gasteiger partial charge in [-0.1, -0.05) is 18.2 Å². The van der Waals surface area contributed by atoms with Crippen LogP contribution in [0.25, 0.3) is 0 Å². The standard InChI is InChI=1S/C14H22FN3O/c1-11(16)14(19)18(9-8-17(2)3)10-12-6-4-5-7-13(12)15/h4-7,11H,8-10,16H2,1-3H3/t11-/m0/s1. The molecule has 106 valence electrons. The van der Waals surface area contributed by atoms with Gasteiger partial charge in [0, 0.05) is 25.2 Å². The normalized spacial score (nSPS) is 12.5. The Labute approximate surface area is 114 Å². The van der Waals surface area contributed by atoms with Crippen LogP contribution in [0.2, 0.25) is 0 Å². The second kappa shape index (κ2) is 7.21. The molecule has 2 N–H and O–H groups in total. The van der Waals surface area contributed by atoms with Gasteiger partial charge in [0.15, 0.2) is 0 Å². The summed E-state index contributed by atoms with van der Waals surface area (Å²) in [4.78, 5) is 15.6. The van der Waals surface area contributed by atoms with E-state index in [0.717, 1.165) is 0 Å². The van der Waals surface area contributed by atoms with Crippen molar-refractivity contribution in [3.63, 3.8) is 0 Å². The van der Waals surface area contributed by atoms with Gasteiger partial charge in [-0.25, -0.2) is 4.39 Å². The molecular formula is C14H22FN3O. The highest BCUT2D eigenvalue weighted by Gasteiger charge is 2.18. The van der Waals surface area contributed by atoms with Crippen molar-refractivity contribution in [1.82, 2.24) is 9.80 Å². The summed E-state index contributed by atoms with van der Waals surface area (Å²) in [5, 5.41) is 0. The minimum atomic E-state index is -0.575. The summed E-state index contributed by atoms with van der Waals surface area (Å²) in [6.07, 6.45) is 0. The highest BCUT2D eigenvalue weighted by Crippen LogP contribution is 2.10. The monoisotopic (exact) mass is 267 g/mol. The number of hydrogen-bond donors (Lipinski definition) is 1. The fraction of sp³-hybridized carbons (Fsp3) is 0.500. The Morgan fingerprint density at radius 1 is 1.32 bits per heavy atom. The van der Waals surface area contributed by atoms with Crippen LogP contribution in [-0.4, -0.2) is 48.9 Å². The van der Waals surface area contributed by atoms with Gasteiger partial charge in [0.2, 0.25) is 5.91 Å². The molecule has 1 aromatic carbocycles. The first kappa shape index (κ1) is 15.6. The van der Waals surface area contributed by atoms with Gasteiger partial charge in [0.1, 0.15) is 5.82 Å². The molecule has 1 atom stereocenters. The molecule has 0 aliphatic carbocycles. The number of halogens is 1. The zero-order valence-corrected chi connectivity index (χ0v) is 11.8. The fourth-order valence-electron chi connectivity index (χ4n) is 1.71. The van der Waals surface area contributed by atoms with Crippen molar-refractivity contribution < 1.29 is 9.18 Å². The Bertz CT molecular complexity index is 421. The second-order valence-corrected chi connectivity index (χ2v) is 4.94. The number of nitrogens with zero attached hydrogens (tertiary/aromatic N) is 2. The number of benzene rings is 1. The number of likely N-dealkylation sites (N-methyl/N-ethyl adjacent to an activating group) is 1. The fourth-order valence-corrected chi connectivity index (χ4v) is 1.71. The van der Waals surface area contributed by atoms with E-state index in [1.807, 2.05) is 19.0 Å². The maximum Gasteiger partial charge on any atom is 0.239 e. The average molecular weight is 267 g/mol. The van der Waals surface area contributed by atoms with Crippen LogP contribution in [-0.2, 0) is 11.3 Å². The predicted molar refractivity (Wildman–Crippen MR) is 74.0 cm³/mol. The number of carbonyl (C=O) groups is 1. The summed E-state index contributed by atoms with van der Waals surface area (Å²) in [7, 11) is 3.86. The van der Waals surface area contributed by atoms with Gasteiger partial charge in [-0.3, -0.25) is 4.79 Å². The van der Waals surface area contributed by atoms with Crippen LogP contribution in [0.4, 0.5) is 4.39 Å². The Morgan fingerprint density at radius 2 is 1.95 bits per heavy atom. The molecule has 0 aromatic heterocycles. The van der Waals surface area contributed by atoms with E-state index in [1.54, 1.807) is 30.0 Å². The van der Waals surface area contributed by atoms with Gasteiger partial charge in [-0.05, 0) is 27.1 Å².